The molecule has 0 atom stereocenters. The van der Waals surface area contributed by atoms with Crippen LogP contribution in [0.5, 0.6) is 17.2 Å². The van der Waals surface area contributed by atoms with E-state index < -0.39 is 0 Å². The Labute approximate surface area is 179 Å². The highest BCUT2D eigenvalue weighted by Gasteiger charge is 2.15. The highest BCUT2D eigenvalue weighted by Crippen LogP contribution is 2.38. The molecule has 0 bridgehead atoms. The molecule has 2 aromatic rings. The molecule has 1 aliphatic heterocycles. The number of aryl methyl sites for hydroxylation is 1. The fourth-order valence-corrected chi connectivity index (χ4v) is 3.78. The molecule has 1 aliphatic rings. The summed E-state index contributed by atoms with van der Waals surface area (Å²) in [5, 5.41) is 6.74. The largest absolute Gasteiger partial charge is 0.493 e. The van der Waals surface area contributed by atoms with Crippen LogP contribution in [0.2, 0.25) is 0 Å². The Morgan fingerprint density at radius 1 is 0.967 bits per heavy atom. The van der Waals surface area contributed by atoms with E-state index >= 15 is 0 Å². The van der Waals surface area contributed by atoms with Crippen LogP contribution in [-0.4, -0.2) is 47.9 Å². The van der Waals surface area contributed by atoms with Crippen LogP contribution in [0.15, 0.2) is 35.3 Å². The van der Waals surface area contributed by atoms with Gasteiger partial charge in [-0.05, 0) is 47.7 Å². The number of rotatable bonds is 7. The van der Waals surface area contributed by atoms with Crippen LogP contribution in [0.3, 0.4) is 0 Å². The summed E-state index contributed by atoms with van der Waals surface area (Å²) < 4.78 is 16.2. The zero-order valence-electron chi connectivity index (χ0n) is 18.5. The van der Waals surface area contributed by atoms with E-state index in [1.165, 1.54) is 23.2 Å². The minimum atomic E-state index is 0.575. The van der Waals surface area contributed by atoms with Crippen LogP contribution < -0.4 is 29.7 Å². The Bertz CT molecular complexity index is 873. The average Bonchev–Trinajstić information content (AvgIpc) is 2.78. The summed E-state index contributed by atoms with van der Waals surface area (Å²) in [6.45, 7) is 2.42. The number of hydrogen-bond donors (Lipinski definition) is 2. The maximum Gasteiger partial charge on any atom is 0.203 e. The number of nitrogens with one attached hydrogen (secondary N) is 2. The normalized spacial score (nSPS) is 13.5. The van der Waals surface area contributed by atoms with Crippen molar-refractivity contribution in [2.24, 2.45) is 4.99 Å². The van der Waals surface area contributed by atoms with Crippen molar-refractivity contribution in [2.75, 3.05) is 46.9 Å². The van der Waals surface area contributed by atoms with Gasteiger partial charge in [0.1, 0.15) is 0 Å². The number of nitrogens with zero attached hydrogens (tertiary/aromatic N) is 2. The Morgan fingerprint density at radius 2 is 1.63 bits per heavy atom. The number of ether oxygens (including phenoxy) is 3. The molecule has 0 saturated heterocycles. The van der Waals surface area contributed by atoms with Crippen LogP contribution in [0.4, 0.5) is 5.69 Å². The highest BCUT2D eigenvalue weighted by molar-refractivity contribution is 5.79. The Balaban J connectivity index is 1.62. The van der Waals surface area contributed by atoms with Gasteiger partial charge >= 0.3 is 0 Å². The Hall–Kier alpha value is -3.09. The molecule has 7 heteroatoms. The molecular weight excluding hydrogens is 380 g/mol. The van der Waals surface area contributed by atoms with Gasteiger partial charge in [-0.1, -0.05) is 12.1 Å². The van der Waals surface area contributed by atoms with Gasteiger partial charge in [0.05, 0.1) is 21.3 Å². The van der Waals surface area contributed by atoms with Gasteiger partial charge in [-0.3, -0.25) is 4.99 Å². The monoisotopic (exact) mass is 412 g/mol. The molecule has 7 nitrogen and oxygen atoms in total. The topological polar surface area (TPSA) is 67.4 Å². The van der Waals surface area contributed by atoms with Gasteiger partial charge in [0.2, 0.25) is 5.75 Å². The summed E-state index contributed by atoms with van der Waals surface area (Å²) in [7, 11) is 8.76. The number of fused-ring (bicyclic) bond motifs is 1. The van der Waals surface area contributed by atoms with Crippen molar-refractivity contribution in [1.29, 1.82) is 0 Å². The van der Waals surface area contributed by atoms with E-state index in [1.54, 1.807) is 28.4 Å². The predicted molar refractivity (Wildman–Crippen MR) is 121 cm³/mol. The van der Waals surface area contributed by atoms with Gasteiger partial charge in [-0.25, -0.2) is 0 Å². The molecule has 2 aromatic carbocycles. The second-order valence-corrected chi connectivity index (χ2v) is 7.30. The zero-order chi connectivity index (χ0) is 21.5. The first kappa shape index (κ1) is 21.6. The molecule has 0 amide bonds. The summed E-state index contributed by atoms with van der Waals surface area (Å²) in [4.78, 5) is 6.66. The third-order valence-electron chi connectivity index (χ3n) is 5.36. The first-order valence-electron chi connectivity index (χ1n) is 10.2. The molecule has 0 unspecified atom stereocenters. The molecule has 162 valence electrons. The summed E-state index contributed by atoms with van der Waals surface area (Å²) >= 11 is 0. The molecule has 0 aromatic heterocycles. The third kappa shape index (κ3) is 4.90. The first-order valence-corrected chi connectivity index (χ1v) is 10.2. The van der Waals surface area contributed by atoms with Crippen molar-refractivity contribution in [3.8, 4) is 17.2 Å². The van der Waals surface area contributed by atoms with E-state index in [-0.39, 0.29) is 0 Å². The summed E-state index contributed by atoms with van der Waals surface area (Å²) in [6.07, 6.45) is 2.35. The van der Waals surface area contributed by atoms with Crippen molar-refractivity contribution in [1.82, 2.24) is 10.6 Å². The first-order chi connectivity index (χ1) is 14.6. The standard InChI is InChI=1S/C23H32N4O3/c1-24-23(25-14-16-8-9-19-18(11-16)7-6-10-27(19)2)26-15-17-12-20(28-3)22(30-5)21(13-17)29-4/h8-9,11-13H,6-7,10,14-15H2,1-5H3,(H2,24,25,26). The lowest BCUT2D eigenvalue weighted by atomic mass is 9.99. The van der Waals surface area contributed by atoms with Crippen LogP contribution in [-0.2, 0) is 19.5 Å². The average molecular weight is 413 g/mol. The summed E-state index contributed by atoms with van der Waals surface area (Å²) in [5.41, 5.74) is 5.02. The second-order valence-electron chi connectivity index (χ2n) is 7.30. The molecule has 0 aliphatic carbocycles. The Kier molecular flexibility index (Phi) is 7.27. The quantitative estimate of drug-likeness (QED) is 0.538. The maximum absolute atomic E-state index is 5.43. The van der Waals surface area contributed by atoms with Crippen molar-refractivity contribution in [3.63, 3.8) is 0 Å². The van der Waals surface area contributed by atoms with Crippen LogP contribution >= 0.6 is 0 Å². The predicted octanol–water partition coefficient (Wildman–Crippen LogP) is 2.96. The van der Waals surface area contributed by atoms with E-state index in [2.05, 4.69) is 45.8 Å². The summed E-state index contributed by atoms with van der Waals surface area (Å²) in [6, 6.07) is 10.6. The lowest BCUT2D eigenvalue weighted by molar-refractivity contribution is 0.323. The van der Waals surface area contributed by atoms with Gasteiger partial charge in [-0.15, -0.1) is 0 Å². The van der Waals surface area contributed by atoms with Gasteiger partial charge in [0.15, 0.2) is 17.5 Å². The van der Waals surface area contributed by atoms with E-state index in [9.17, 15) is 0 Å². The lowest BCUT2D eigenvalue weighted by Gasteiger charge is -2.28. The minimum Gasteiger partial charge on any atom is -0.493 e. The van der Waals surface area contributed by atoms with Crippen molar-refractivity contribution in [3.05, 3.63) is 47.0 Å². The fourth-order valence-electron chi connectivity index (χ4n) is 3.78. The number of guanidine groups is 1. The molecule has 3 rings (SSSR count). The lowest BCUT2D eigenvalue weighted by Crippen LogP contribution is -2.36. The molecule has 1 heterocycles. The fraction of sp³-hybridized carbons (Fsp3) is 0.435. The number of anilines is 1. The molecule has 0 fully saturated rings. The molecule has 30 heavy (non-hydrogen) atoms. The Morgan fingerprint density at radius 3 is 2.23 bits per heavy atom. The second kappa shape index (κ2) is 10.1. The summed E-state index contributed by atoms with van der Waals surface area (Å²) in [5.74, 6) is 2.59. The maximum atomic E-state index is 5.43. The van der Waals surface area contributed by atoms with E-state index in [0.29, 0.717) is 30.3 Å². The van der Waals surface area contributed by atoms with E-state index in [1.807, 2.05) is 12.1 Å². The minimum absolute atomic E-state index is 0.575. The van der Waals surface area contributed by atoms with E-state index in [4.69, 9.17) is 14.2 Å². The highest BCUT2D eigenvalue weighted by atomic mass is 16.5. The molecule has 0 saturated carbocycles. The van der Waals surface area contributed by atoms with Gasteiger partial charge in [0.25, 0.3) is 0 Å². The van der Waals surface area contributed by atoms with Gasteiger partial charge < -0.3 is 29.7 Å². The smallest absolute Gasteiger partial charge is 0.203 e. The molecule has 0 spiro atoms. The van der Waals surface area contributed by atoms with Crippen LogP contribution in [0.1, 0.15) is 23.1 Å². The van der Waals surface area contributed by atoms with E-state index in [0.717, 1.165) is 24.5 Å². The van der Waals surface area contributed by atoms with Crippen molar-refractivity contribution in [2.45, 2.75) is 25.9 Å². The number of hydrogen-bond acceptors (Lipinski definition) is 5. The van der Waals surface area contributed by atoms with Crippen LogP contribution in [0.25, 0.3) is 0 Å². The van der Waals surface area contributed by atoms with Crippen molar-refractivity contribution < 1.29 is 14.2 Å². The number of aliphatic imine (C=N–C) groups is 1. The van der Waals surface area contributed by atoms with Gasteiger partial charge in [-0.2, -0.15) is 0 Å². The molecule has 2 N–H and O–H groups in total. The number of benzene rings is 2. The third-order valence-corrected chi connectivity index (χ3v) is 5.36. The molecular formula is C23H32N4O3. The van der Waals surface area contributed by atoms with Crippen LogP contribution in [0, 0.1) is 0 Å². The molecule has 0 radical (unpaired) electrons. The SMILES string of the molecule is CN=C(NCc1ccc2c(c1)CCCN2C)NCc1cc(OC)c(OC)c(OC)c1. The van der Waals surface area contributed by atoms with Gasteiger partial charge in [0, 0.05) is 39.4 Å². The zero-order valence-corrected chi connectivity index (χ0v) is 18.5. The van der Waals surface area contributed by atoms with Crippen molar-refractivity contribution >= 4 is 11.6 Å². The number of methoxy groups -OCH3 is 3.